The number of benzene rings is 2. The van der Waals surface area contributed by atoms with Crippen LogP contribution in [0.5, 0.6) is 11.5 Å². The normalized spacial score (nSPS) is 10.3. The minimum Gasteiger partial charge on any atom is -0.482 e. The molecule has 0 atom stereocenters. The Morgan fingerprint density at radius 1 is 1.00 bits per heavy atom. The summed E-state index contributed by atoms with van der Waals surface area (Å²) in [6, 6.07) is 13.7. The Morgan fingerprint density at radius 3 is 2.42 bits per heavy atom. The first kappa shape index (κ1) is 17.5. The number of hydrogen-bond donors (Lipinski definition) is 0. The summed E-state index contributed by atoms with van der Waals surface area (Å²) < 4.78 is 15.7. The van der Waals surface area contributed by atoms with E-state index in [1.807, 2.05) is 25.1 Å². The van der Waals surface area contributed by atoms with Crippen LogP contribution in [-0.4, -0.2) is 24.6 Å². The molecule has 0 radical (unpaired) electrons. The Balaban J connectivity index is 1.93. The molecular weight excluding hydrogens is 308 g/mol. The van der Waals surface area contributed by atoms with Crippen LogP contribution in [0.2, 0.25) is 0 Å². The molecule has 0 aliphatic rings. The molecule has 5 nitrogen and oxygen atoms in total. The van der Waals surface area contributed by atoms with Crippen LogP contribution in [0.15, 0.2) is 48.5 Å². The lowest BCUT2D eigenvalue weighted by Gasteiger charge is -2.10. The Labute approximate surface area is 141 Å². The monoisotopic (exact) mass is 328 g/mol. The summed E-state index contributed by atoms with van der Waals surface area (Å²) in [6.07, 6.45) is -0.216. The van der Waals surface area contributed by atoms with Crippen LogP contribution in [0.1, 0.15) is 29.8 Å². The molecule has 0 amide bonds. The highest BCUT2D eigenvalue weighted by Crippen LogP contribution is 2.16. The molecule has 0 bridgehead atoms. The molecule has 0 spiro atoms. The number of hydrogen-bond acceptors (Lipinski definition) is 5. The standard InChI is InChI=1S/C19H20O5/c1-13(2)23-19(21)15-7-5-9-17(11-15)24-18(20)12-22-16-8-4-6-14(3)10-16/h4-11,13H,12H2,1-3H3. The minimum absolute atomic E-state index is 0.216. The maximum absolute atomic E-state index is 11.9. The molecule has 0 saturated heterocycles. The predicted molar refractivity (Wildman–Crippen MR) is 89.3 cm³/mol. The average molecular weight is 328 g/mol. The van der Waals surface area contributed by atoms with Gasteiger partial charge in [0, 0.05) is 0 Å². The van der Waals surface area contributed by atoms with Gasteiger partial charge in [0.2, 0.25) is 0 Å². The second kappa shape index (κ2) is 8.15. The Bertz CT molecular complexity index is 721. The summed E-state index contributed by atoms with van der Waals surface area (Å²) >= 11 is 0. The van der Waals surface area contributed by atoms with E-state index in [9.17, 15) is 9.59 Å². The first-order valence-corrected chi connectivity index (χ1v) is 7.65. The predicted octanol–water partition coefficient (Wildman–Crippen LogP) is 3.54. The number of carbonyl (C=O) groups excluding carboxylic acids is 2. The van der Waals surface area contributed by atoms with Crippen molar-refractivity contribution < 1.29 is 23.8 Å². The molecule has 2 aromatic rings. The highest BCUT2D eigenvalue weighted by atomic mass is 16.6. The quantitative estimate of drug-likeness (QED) is 0.599. The van der Waals surface area contributed by atoms with Gasteiger partial charge in [-0.05, 0) is 56.7 Å². The Kier molecular flexibility index (Phi) is 5.95. The van der Waals surface area contributed by atoms with Gasteiger partial charge < -0.3 is 14.2 Å². The zero-order chi connectivity index (χ0) is 17.5. The van der Waals surface area contributed by atoms with E-state index >= 15 is 0 Å². The van der Waals surface area contributed by atoms with E-state index in [0.717, 1.165) is 5.56 Å². The molecule has 0 aromatic heterocycles. The lowest BCUT2D eigenvalue weighted by molar-refractivity contribution is -0.136. The van der Waals surface area contributed by atoms with Crippen LogP contribution in [0.3, 0.4) is 0 Å². The van der Waals surface area contributed by atoms with Crippen molar-refractivity contribution in [1.82, 2.24) is 0 Å². The summed E-state index contributed by atoms with van der Waals surface area (Å²) in [5.74, 6) is -0.142. The third kappa shape index (κ3) is 5.43. The molecule has 126 valence electrons. The maximum Gasteiger partial charge on any atom is 0.349 e. The lowest BCUT2D eigenvalue weighted by Crippen LogP contribution is -2.18. The van der Waals surface area contributed by atoms with E-state index in [-0.39, 0.29) is 18.5 Å². The Morgan fingerprint density at radius 2 is 1.71 bits per heavy atom. The van der Waals surface area contributed by atoms with Gasteiger partial charge in [0.05, 0.1) is 11.7 Å². The summed E-state index contributed by atoms with van der Waals surface area (Å²) in [4.78, 5) is 23.7. The van der Waals surface area contributed by atoms with Crippen LogP contribution < -0.4 is 9.47 Å². The maximum atomic E-state index is 11.9. The van der Waals surface area contributed by atoms with Gasteiger partial charge in [-0.25, -0.2) is 9.59 Å². The number of carbonyl (C=O) groups is 2. The highest BCUT2D eigenvalue weighted by molar-refractivity contribution is 5.90. The van der Waals surface area contributed by atoms with Crippen LogP contribution in [0.4, 0.5) is 0 Å². The zero-order valence-electron chi connectivity index (χ0n) is 13.9. The SMILES string of the molecule is Cc1cccc(OCC(=O)Oc2cccc(C(=O)OC(C)C)c2)c1. The van der Waals surface area contributed by atoms with Crippen molar-refractivity contribution in [3.05, 3.63) is 59.7 Å². The van der Waals surface area contributed by atoms with Gasteiger partial charge in [-0.15, -0.1) is 0 Å². The molecular formula is C19H20O5. The van der Waals surface area contributed by atoms with Crippen molar-refractivity contribution in [1.29, 1.82) is 0 Å². The minimum atomic E-state index is -0.550. The summed E-state index contributed by atoms with van der Waals surface area (Å²) in [6.45, 7) is 5.26. The van der Waals surface area contributed by atoms with Gasteiger partial charge in [0.15, 0.2) is 6.61 Å². The van der Waals surface area contributed by atoms with Crippen molar-refractivity contribution in [3.63, 3.8) is 0 Å². The number of ether oxygens (including phenoxy) is 3. The van der Waals surface area contributed by atoms with E-state index in [1.165, 1.54) is 6.07 Å². The highest BCUT2D eigenvalue weighted by Gasteiger charge is 2.12. The average Bonchev–Trinajstić information content (AvgIpc) is 2.53. The largest absolute Gasteiger partial charge is 0.482 e. The molecule has 0 aliphatic heterocycles. The van der Waals surface area contributed by atoms with Crippen LogP contribution >= 0.6 is 0 Å². The molecule has 2 aromatic carbocycles. The van der Waals surface area contributed by atoms with Crippen molar-refractivity contribution >= 4 is 11.9 Å². The topological polar surface area (TPSA) is 61.8 Å². The molecule has 0 fully saturated rings. The van der Waals surface area contributed by atoms with Gasteiger partial charge in [-0.3, -0.25) is 0 Å². The first-order valence-electron chi connectivity index (χ1n) is 7.65. The van der Waals surface area contributed by atoms with E-state index in [4.69, 9.17) is 14.2 Å². The second-order valence-electron chi connectivity index (χ2n) is 5.56. The summed E-state index contributed by atoms with van der Waals surface area (Å²) in [5.41, 5.74) is 1.37. The van der Waals surface area contributed by atoms with E-state index in [1.54, 1.807) is 38.1 Å². The van der Waals surface area contributed by atoms with Gasteiger partial charge in [-0.2, -0.15) is 0 Å². The van der Waals surface area contributed by atoms with Crippen LogP contribution in [0, 0.1) is 6.92 Å². The number of esters is 2. The van der Waals surface area contributed by atoms with Gasteiger partial charge >= 0.3 is 11.9 Å². The molecule has 0 heterocycles. The lowest BCUT2D eigenvalue weighted by atomic mass is 10.2. The van der Waals surface area contributed by atoms with Crippen molar-refractivity contribution in [3.8, 4) is 11.5 Å². The van der Waals surface area contributed by atoms with Crippen molar-refractivity contribution in [2.45, 2.75) is 26.9 Å². The van der Waals surface area contributed by atoms with E-state index in [0.29, 0.717) is 11.3 Å². The summed E-state index contributed by atoms with van der Waals surface area (Å²) in [7, 11) is 0. The fourth-order valence-corrected chi connectivity index (χ4v) is 1.98. The van der Waals surface area contributed by atoms with Gasteiger partial charge in [0.1, 0.15) is 11.5 Å². The molecule has 2 rings (SSSR count). The number of aryl methyl sites for hydroxylation is 1. The van der Waals surface area contributed by atoms with Gasteiger partial charge in [0.25, 0.3) is 0 Å². The third-order valence-corrected chi connectivity index (χ3v) is 2.99. The first-order chi connectivity index (χ1) is 11.4. The summed E-state index contributed by atoms with van der Waals surface area (Å²) in [5, 5.41) is 0. The van der Waals surface area contributed by atoms with Gasteiger partial charge in [-0.1, -0.05) is 18.2 Å². The molecule has 0 aliphatic carbocycles. The molecule has 5 heteroatoms. The van der Waals surface area contributed by atoms with Crippen LogP contribution in [-0.2, 0) is 9.53 Å². The molecule has 0 N–H and O–H groups in total. The van der Waals surface area contributed by atoms with E-state index in [2.05, 4.69) is 0 Å². The Hall–Kier alpha value is -2.82. The number of rotatable bonds is 6. The second-order valence-corrected chi connectivity index (χ2v) is 5.56. The fraction of sp³-hybridized carbons (Fsp3) is 0.263. The van der Waals surface area contributed by atoms with Crippen molar-refractivity contribution in [2.75, 3.05) is 6.61 Å². The molecule has 0 saturated carbocycles. The van der Waals surface area contributed by atoms with Crippen LogP contribution in [0.25, 0.3) is 0 Å². The van der Waals surface area contributed by atoms with E-state index < -0.39 is 11.9 Å². The third-order valence-electron chi connectivity index (χ3n) is 2.99. The van der Waals surface area contributed by atoms with Crippen molar-refractivity contribution in [2.24, 2.45) is 0 Å². The zero-order valence-corrected chi connectivity index (χ0v) is 13.9. The molecule has 24 heavy (non-hydrogen) atoms. The molecule has 0 unspecified atom stereocenters. The fourth-order valence-electron chi connectivity index (χ4n) is 1.98. The smallest absolute Gasteiger partial charge is 0.349 e.